The van der Waals surface area contributed by atoms with Crippen LogP contribution in [0.4, 0.5) is 0 Å². The summed E-state index contributed by atoms with van der Waals surface area (Å²) >= 11 is 0. The zero-order valence-electron chi connectivity index (χ0n) is 12.5. The molecule has 2 aromatic heterocycles. The number of rotatable bonds is 5. The van der Waals surface area contributed by atoms with E-state index in [2.05, 4.69) is 15.4 Å². The second-order valence-electron chi connectivity index (χ2n) is 5.15. The second-order valence-corrected chi connectivity index (χ2v) is 5.15. The third-order valence-electron chi connectivity index (χ3n) is 3.50. The topological polar surface area (TPSA) is 76.9 Å². The third-order valence-corrected chi connectivity index (χ3v) is 3.50. The van der Waals surface area contributed by atoms with Gasteiger partial charge in [-0.3, -0.25) is 14.6 Å². The first kappa shape index (κ1) is 14.9. The number of aromatic nitrogens is 3. The van der Waals surface area contributed by atoms with E-state index in [0.717, 1.165) is 10.9 Å². The predicted octanol–water partition coefficient (Wildman–Crippen LogP) is 1.15. The summed E-state index contributed by atoms with van der Waals surface area (Å²) in [7, 11) is 0. The molecule has 0 aliphatic heterocycles. The van der Waals surface area contributed by atoms with Crippen molar-refractivity contribution >= 4 is 16.7 Å². The molecule has 0 aliphatic carbocycles. The lowest BCUT2D eigenvalue weighted by Gasteiger charge is -2.07. The first-order valence-corrected chi connectivity index (χ1v) is 7.34. The van der Waals surface area contributed by atoms with Crippen LogP contribution in [0.1, 0.15) is 5.56 Å². The molecule has 0 spiro atoms. The number of benzene rings is 1. The molecule has 6 heteroatoms. The summed E-state index contributed by atoms with van der Waals surface area (Å²) in [6.07, 6.45) is 5.26. The molecule has 0 aliphatic rings. The maximum Gasteiger partial charge on any atom is 0.274 e. The minimum absolute atomic E-state index is 0.105. The Kier molecular flexibility index (Phi) is 4.42. The average Bonchev–Trinajstić information content (AvgIpc) is 2.58. The molecular formula is C17H16N4O2. The SMILES string of the molecule is O=C(Cc1cccnc1)NCCn1ncc2ccccc2c1=O. The van der Waals surface area contributed by atoms with Crippen molar-refractivity contribution in [1.82, 2.24) is 20.1 Å². The summed E-state index contributed by atoms with van der Waals surface area (Å²) in [4.78, 5) is 28.1. The van der Waals surface area contributed by atoms with E-state index < -0.39 is 0 Å². The number of hydrogen-bond donors (Lipinski definition) is 1. The van der Waals surface area contributed by atoms with Gasteiger partial charge in [0.25, 0.3) is 5.56 Å². The van der Waals surface area contributed by atoms with Crippen LogP contribution in [-0.2, 0) is 17.8 Å². The van der Waals surface area contributed by atoms with Crippen molar-refractivity contribution in [3.63, 3.8) is 0 Å². The molecule has 1 aromatic carbocycles. The van der Waals surface area contributed by atoms with Crippen molar-refractivity contribution in [2.24, 2.45) is 0 Å². The molecule has 1 amide bonds. The maximum atomic E-state index is 12.3. The molecule has 0 saturated heterocycles. The summed E-state index contributed by atoms with van der Waals surface area (Å²) in [5, 5.41) is 8.36. The van der Waals surface area contributed by atoms with Gasteiger partial charge in [-0.25, -0.2) is 4.68 Å². The number of nitrogens with zero attached hydrogens (tertiary/aromatic N) is 3. The van der Waals surface area contributed by atoms with E-state index in [1.54, 1.807) is 30.7 Å². The molecule has 3 rings (SSSR count). The van der Waals surface area contributed by atoms with Gasteiger partial charge in [0.05, 0.1) is 24.5 Å². The highest BCUT2D eigenvalue weighted by Gasteiger charge is 2.05. The van der Waals surface area contributed by atoms with E-state index in [1.807, 2.05) is 24.3 Å². The Morgan fingerprint density at radius 1 is 1.13 bits per heavy atom. The van der Waals surface area contributed by atoms with Crippen LogP contribution < -0.4 is 10.9 Å². The molecule has 0 atom stereocenters. The highest BCUT2D eigenvalue weighted by atomic mass is 16.1. The number of nitrogens with one attached hydrogen (secondary N) is 1. The van der Waals surface area contributed by atoms with Crippen molar-refractivity contribution in [2.75, 3.05) is 6.54 Å². The molecule has 2 heterocycles. The lowest BCUT2D eigenvalue weighted by Crippen LogP contribution is -2.32. The average molecular weight is 308 g/mol. The maximum absolute atomic E-state index is 12.3. The molecule has 23 heavy (non-hydrogen) atoms. The van der Waals surface area contributed by atoms with Gasteiger partial charge in [0, 0.05) is 24.3 Å². The lowest BCUT2D eigenvalue weighted by atomic mass is 10.2. The fourth-order valence-electron chi connectivity index (χ4n) is 2.34. The van der Waals surface area contributed by atoms with Crippen LogP contribution in [0.5, 0.6) is 0 Å². The number of pyridine rings is 1. The van der Waals surface area contributed by atoms with Crippen molar-refractivity contribution < 1.29 is 4.79 Å². The van der Waals surface area contributed by atoms with Crippen molar-refractivity contribution in [2.45, 2.75) is 13.0 Å². The monoisotopic (exact) mass is 308 g/mol. The van der Waals surface area contributed by atoms with Gasteiger partial charge in [-0.1, -0.05) is 24.3 Å². The Hall–Kier alpha value is -3.02. The third kappa shape index (κ3) is 3.60. The fourth-order valence-corrected chi connectivity index (χ4v) is 2.34. The Bertz CT molecular complexity index is 874. The zero-order valence-corrected chi connectivity index (χ0v) is 12.5. The fraction of sp³-hybridized carbons (Fsp3) is 0.176. The van der Waals surface area contributed by atoms with E-state index in [4.69, 9.17) is 0 Å². The molecule has 3 aromatic rings. The molecule has 6 nitrogen and oxygen atoms in total. The normalized spacial score (nSPS) is 10.6. The highest BCUT2D eigenvalue weighted by Crippen LogP contribution is 2.06. The smallest absolute Gasteiger partial charge is 0.274 e. The molecule has 116 valence electrons. The van der Waals surface area contributed by atoms with Crippen molar-refractivity contribution in [3.8, 4) is 0 Å². The van der Waals surface area contributed by atoms with Gasteiger partial charge in [0.1, 0.15) is 0 Å². The zero-order chi connectivity index (χ0) is 16.1. The second kappa shape index (κ2) is 6.83. The van der Waals surface area contributed by atoms with Crippen LogP contribution in [0.25, 0.3) is 10.8 Å². The Morgan fingerprint density at radius 3 is 2.83 bits per heavy atom. The van der Waals surface area contributed by atoms with E-state index in [9.17, 15) is 9.59 Å². The molecule has 0 radical (unpaired) electrons. The van der Waals surface area contributed by atoms with E-state index in [-0.39, 0.29) is 17.9 Å². The van der Waals surface area contributed by atoms with Gasteiger partial charge >= 0.3 is 0 Å². The quantitative estimate of drug-likeness (QED) is 0.767. The first-order chi connectivity index (χ1) is 11.2. The van der Waals surface area contributed by atoms with E-state index in [1.165, 1.54) is 4.68 Å². The highest BCUT2D eigenvalue weighted by molar-refractivity contribution is 5.80. The van der Waals surface area contributed by atoms with Gasteiger partial charge < -0.3 is 5.32 Å². The number of carbonyl (C=O) groups is 1. The molecular weight excluding hydrogens is 292 g/mol. The molecule has 0 fully saturated rings. The first-order valence-electron chi connectivity index (χ1n) is 7.34. The lowest BCUT2D eigenvalue weighted by molar-refractivity contribution is -0.120. The Balaban J connectivity index is 1.60. The summed E-state index contributed by atoms with van der Waals surface area (Å²) in [5.41, 5.74) is 0.704. The molecule has 0 bridgehead atoms. The summed E-state index contributed by atoms with van der Waals surface area (Å²) < 4.78 is 1.37. The van der Waals surface area contributed by atoms with Crippen molar-refractivity contribution in [3.05, 3.63) is 70.9 Å². The van der Waals surface area contributed by atoms with Crippen LogP contribution in [0.3, 0.4) is 0 Å². The Labute approximate surface area is 132 Å². The van der Waals surface area contributed by atoms with E-state index in [0.29, 0.717) is 18.5 Å². The van der Waals surface area contributed by atoms with Crippen LogP contribution in [0.15, 0.2) is 59.8 Å². The largest absolute Gasteiger partial charge is 0.354 e. The molecule has 0 saturated carbocycles. The minimum Gasteiger partial charge on any atom is -0.354 e. The van der Waals surface area contributed by atoms with Gasteiger partial charge in [0.15, 0.2) is 0 Å². The standard InChI is InChI=1S/C17H16N4O2/c22-16(10-13-4-3-7-18-11-13)19-8-9-21-17(23)15-6-2-1-5-14(15)12-20-21/h1-7,11-12H,8-10H2,(H,19,22). The predicted molar refractivity (Wildman–Crippen MR) is 87.0 cm³/mol. The number of hydrogen-bond acceptors (Lipinski definition) is 4. The summed E-state index contributed by atoms with van der Waals surface area (Å²) in [6, 6.07) is 11.0. The minimum atomic E-state index is -0.149. The van der Waals surface area contributed by atoms with E-state index >= 15 is 0 Å². The van der Waals surface area contributed by atoms with Crippen LogP contribution >= 0.6 is 0 Å². The number of carbonyl (C=O) groups excluding carboxylic acids is 1. The van der Waals surface area contributed by atoms with Crippen LogP contribution in [-0.4, -0.2) is 27.2 Å². The summed E-state index contributed by atoms with van der Waals surface area (Å²) in [6.45, 7) is 0.687. The van der Waals surface area contributed by atoms with Crippen molar-refractivity contribution in [1.29, 1.82) is 0 Å². The molecule has 0 unspecified atom stereocenters. The number of amides is 1. The van der Waals surface area contributed by atoms with Gasteiger partial charge in [-0.15, -0.1) is 0 Å². The molecule has 1 N–H and O–H groups in total. The number of fused-ring (bicyclic) bond motifs is 1. The van der Waals surface area contributed by atoms with Crippen LogP contribution in [0, 0.1) is 0 Å². The van der Waals surface area contributed by atoms with Gasteiger partial charge in [0.2, 0.25) is 5.91 Å². The Morgan fingerprint density at radius 2 is 2.00 bits per heavy atom. The van der Waals surface area contributed by atoms with Gasteiger partial charge in [-0.2, -0.15) is 5.10 Å². The van der Waals surface area contributed by atoms with Crippen LogP contribution in [0.2, 0.25) is 0 Å². The van der Waals surface area contributed by atoms with Gasteiger partial charge in [-0.05, 0) is 17.7 Å². The summed E-state index contributed by atoms with van der Waals surface area (Å²) in [5.74, 6) is -0.105.